The lowest BCUT2D eigenvalue weighted by Crippen LogP contribution is -2.28. The van der Waals surface area contributed by atoms with Gasteiger partial charge in [0.05, 0.1) is 5.41 Å². The van der Waals surface area contributed by atoms with E-state index in [2.05, 4.69) is 169 Å². The molecule has 0 radical (unpaired) electrons. The number of para-hydroxylation sites is 2. The zero-order valence-corrected chi connectivity index (χ0v) is 21.0. The Morgan fingerprint density at radius 2 is 0.789 bits per heavy atom. The summed E-state index contributed by atoms with van der Waals surface area (Å²) in [7, 11) is 0. The predicted octanol–water partition coefficient (Wildman–Crippen LogP) is 9.52. The highest BCUT2D eigenvalue weighted by atomic mass is 15.1. The Morgan fingerprint density at radius 1 is 0.342 bits per heavy atom. The summed E-state index contributed by atoms with van der Waals surface area (Å²) in [4.78, 5) is 2.34. The minimum Gasteiger partial charge on any atom is -0.310 e. The van der Waals surface area contributed by atoms with E-state index in [1.54, 1.807) is 0 Å². The predicted molar refractivity (Wildman–Crippen MR) is 158 cm³/mol. The van der Waals surface area contributed by atoms with Crippen molar-refractivity contribution in [1.82, 2.24) is 0 Å². The number of fused-ring (bicyclic) bond motifs is 3. The molecule has 1 aliphatic carbocycles. The lowest BCUT2D eigenvalue weighted by atomic mass is 9.68. The van der Waals surface area contributed by atoms with Crippen molar-refractivity contribution in [2.45, 2.75) is 5.41 Å². The first-order valence-corrected chi connectivity index (χ1v) is 13.1. The maximum absolute atomic E-state index is 2.38. The van der Waals surface area contributed by atoms with Gasteiger partial charge in [-0.15, -0.1) is 0 Å². The first-order valence-electron chi connectivity index (χ1n) is 13.1. The molecule has 0 spiro atoms. The third-order valence-electron chi connectivity index (χ3n) is 7.73. The topological polar surface area (TPSA) is 3.24 Å². The standard InChI is InChI=1S/C37H27N/c1-5-15-28(16-6-1)37(29-17-7-2-8-18-29)35-24-14-13-23-33(35)34-27-32(25-26-36(34)37)38(30-19-9-3-10-20-30)31-21-11-4-12-22-31/h1-27H. The monoisotopic (exact) mass is 485 g/mol. The summed E-state index contributed by atoms with van der Waals surface area (Å²) in [5.41, 5.74) is 10.8. The molecule has 6 aromatic rings. The second-order valence-electron chi connectivity index (χ2n) is 9.76. The number of hydrogen-bond acceptors (Lipinski definition) is 1. The molecular weight excluding hydrogens is 458 g/mol. The maximum atomic E-state index is 2.38. The highest BCUT2D eigenvalue weighted by Crippen LogP contribution is 2.57. The van der Waals surface area contributed by atoms with Crippen LogP contribution in [0.3, 0.4) is 0 Å². The number of rotatable bonds is 5. The van der Waals surface area contributed by atoms with Crippen molar-refractivity contribution in [2.75, 3.05) is 4.90 Å². The highest BCUT2D eigenvalue weighted by Gasteiger charge is 2.46. The van der Waals surface area contributed by atoms with Crippen molar-refractivity contribution in [2.24, 2.45) is 0 Å². The zero-order valence-electron chi connectivity index (χ0n) is 21.0. The Kier molecular flexibility index (Phi) is 5.41. The van der Waals surface area contributed by atoms with E-state index in [-0.39, 0.29) is 5.41 Å². The molecule has 38 heavy (non-hydrogen) atoms. The third kappa shape index (κ3) is 3.40. The van der Waals surface area contributed by atoms with Crippen molar-refractivity contribution < 1.29 is 0 Å². The van der Waals surface area contributed by atoms with Crippen LogP contribution in [0.1, 0.15) is 22.3 Å². The summed E-state index contributed by atoms with van der Waals surface area (Å²) in [6.07, 6.45) is 0. The molecule has 7 rings (SSSR count). The van der Waals surface area contributed by atoms with Gasteiger partial charge in [0.2, 0.25) is 0 Å². The molecule has 0 aromatic heterocycles. The van der Waals surface area contributed by atoms with E-state index in [0.29, 0.717) is 0 Å². The molecule has 0 saturated heterocycles. The summed E-state index contributed by atoms with van der Waals surface area (Å²) in [5.74, 6) is 0. The van der Waals surface area contributed by atoms with Gasteiger partial charge in [-0.1, -0.05) is 127 Å². The number of anilines is 3. The van der Waals surface area contributed by atoms with Gasteiger partial charge in [-0.2, -0.15) is 0 Å². The van der Waals surface area contributed by atoms with Crippen LogP contribution < -0.4 is 4.90 Å². The summed E-state index contributed by atoms with van der Waals surface area (Å²) < 4.78 is 0. The molecular formula is C37H27N. The first-order chi connectivity index (χ1) is 18.9. The molecule has 1 nitrogen and oxygen atoms in total. The van der Waals surface area contributed by atoms with Crippen LogP contribution in [0.2, 0.25) is 0 Å². The third-order valence-corrected chi connectivity index (χ3v) is 7.73. The summed E-state index contributed by atoms with van der Waals surface area (Å²) in [6.45, 7) is 0. The molecule has 6 aromatic carbocycles. The van der Waals surface area contributed by atoms with Crippen molar-refractivity contribution in [3.63, 3.8) is 0 Å². The van der Waals surface area contributed by atoms with Crippen LogP contribution in [0.15, 0.2) is 164 Å². The van der Waals surface area contributed by atoms with Gasteiger partial charge in [-0.25, -0.2) is 0 Å². The van der Waals surface area contributed by atoms with E-state index in [4.69, 9.17) is 0 Å². The van der Waals surface area contributed by atoms with Crippen LogP contribution >= 0.6 is 0 Å². The van der Waals surface area contributed by atoms with Gasteiger partial charge in [0.1, 0.15) is 0 Å². The zero-order chi connectivity index (χ0) is 25.4. The Bertz CT molecular complexity index is 1610. The molecule has 1 heteroatoms. The van der Waals surface area contributed by atoms with Crippen molar-refractivity contribution >= 4 is 17.1 Å². The summed E-state index contributed by atoms with van der Waals surface area (Å²) >= 11 is 0. The van der Waals surface area contributed by atoms with E-state index in [1.165, 1.54) is 33.4 Å². The second kappa shape index (κ2) is 9.21. The lowest BCUT2D eigenvalue weighted by Gasteiger charge is -2.34. The fourth-order valence-corrected chi connectivity index (χ4v) is 6.18. The van der Waals surface area contributed by atoms with E-state index in [9.17, 15) is 0 Å². The molecule has 180 valence electrons. The summed E-state index contributed by atoms with van der Waals surface area (Å²) in [5, 5.41) is 0. The fourth-order valence-electron chi connectivity index (χ4n) is 6.18. The quantitative estimate of drug-likeness (QED) is 0.235. The van der Waals surface area contributed by atoms with Gasteiger partial charge < -0.3 is 4.90 Å². The Balaban J connectivity index is 1.52. The minimum absolute atomic E-state index is 0.378. The number of hydrogen-bond donors (Lipinski definition) is 0. The molecule has 0 aliphatic heterocycles. The number of benzene rings is 6. The highest BCUT2D eigenvalue weighted by molar-refractivity contribution is 5.90. The van der Waals surface area contributed by atoms with Crippen LogP contribution in [0.4, 0.5) is 17.1 Å². The van der Waals surface area contributed by atoms with Crippen LogP contribution in [0.5, 0.6) is 0 Å². The molecule has 0 bridgehead atoms. The van der Waals surface area contributed by atoms with Gasteiger partial charge in [-0.3, -0.25) is 0 Å². The first kappa shape index (κ1) is 22.3. The Labute approximate surface area is 224 Å². The fraction of sp³-hybridized carbons (Fsp3) is 0.0270. The number of nitrogens with zero attached hydrogens (tertiary/aromatic N) is 1. The van der Waals surface area contributed by atoms with E-state index in [1.807, 2.05) is 0 Å². The average Bonchev–Trinajstić information content (AvgIpc) is 3.30. The van der Waals surface area contributed by atoms with E-state index >= 15 is 0 Å². The van der Waals surface area contributed by atoms with Gasteiger partial charge in [0.15, 0.2) is 0 Å². The van der Waals surface area contributed by atoms with Gasteiger partial charge in [0, 0.05) is 17.1 Å². The Morgan fingerprint density at radius 3 is 1.34 bits per heavy atom. The molecule has 1 aliphatic rings. The molecule has 0 heterocycles. The van der Waals surface area contributed by atoms with Crippen LogP contribution in [0, 0.1) is 0 Å². The van der Waals surface area contributed by atoms with Crippen LogP contribution in [-0.2, 0) is 5.41 Å². The van der Waals surface area contributed by atoms with E-state index in [0.717, 1.165) is 17.1 Å². The normalized spacial score (nSPS) is 12.9. The molecule has 0 amide bonds. The Hall–Kier alpha value is -4.88. The van der Waals surface area contributed by atoms with Crippen molar-refractivity contribution in [3.8, 4) is 11.1 Å². The van der Waals surface area contributed by atoms with E-state index < -0.39 is 0 Å². The maximum Gasteiger partial charge on any atom is 0.0713 e. The van der Waals surface area contributed by atoms with Gasteiger partial charge in [0.25, 0.3) is 0 Å². The second-order valence-corrected chi connectivity index (χ2v) is 9.76. The van der Waals surface area contributed by atoms with Crippen molar-refractivity contribution in [1.29, 1.82) is 0 Å². The van der Waals surface area contributed by atoms with Crippen LogP contribution in [-0.4, -0.2) is 0 Å². The molecule has 0 unspecified atom stereocenters. The van der Waals surface area contributed by atoms with Crippen LogP contribution in [0.25, 0.3) is 11.1 Å². The van der Waals surface area contributed by atoms with Crippen molar-refractivity contribution in [3.05, 3.63) is 186 Å². The smallest absolute Gasteiger partial charge is 0.0713 e. The van der Waals surface area contributed by atoms with Gasteiger partial charge >= 0.3 is 0 Å². The average molecular weight is 486 g/mol. The SMILES string of the molecule is c1ccc(N(c2ccccc2)c2ccc3c(c2)-c2ccccc2C3(c2ccccc2)c2ccccc2)cc1. The summed E-state index contributed by atoms with van der Waals surface area (Å²) in [6, 6.07) is 59.1. The largest absolute Gasteiger partial charge is 0.310 e. The minimum atomic E-state index is -0.378. The molecule has 0 N–H and O–H groups in total. The van der Waals surface area contributed by atoms with Gasteiger partial charge in [-0.05, 0) is 69.8 Å². The molecule has 0 saturated carbocycles. The lowest BCUT2D eigenvalue weighted by molar-refractivity contribution is 0.768. The molecule has 0 fully saturated rings. The molecule has 0 atom stereocenters.